The molecule has 0 unspecified atom stereocenters. The summed E-state index contributed by atoms with van der Waals surface area (Å²) in [6.45, 7) is 0.649. The number of carbonyl (C=O) groups excluding carboxylic acids is 1. The SMILES string of the molecule is N=C(CSC1=C(C(=O)O)N2C(=O)[C@H]([C@H](O)CF)[C@H]2S1)N1CCCC1. The van der Waals surface area contributed by atoms with Gasteiger partial charge in [-0.2, -0.15) is 0 Å². The van der Waals surface area contributed by atoms with E-state index < -0.39 is 35.9 Å². The second kappa shape index (κ2) is 6.93. The van der Waals surface area contributed by atoms with Crippen LogP contribution in [0.15, 0.2) is 9.93 Å². The predicted octanol–water partition coefficient (Wildman–Crippen LogP) is 0.908. The van der Waals surface area contributed by atoms with Gasteiger partial charge in [0.1, 0.15) is 17.9 Å². The summed E-state index contributed by atoms with van der Waals surface area (Å²) >= 11 is 2.37. The van der Waals surface area contributed by atoms with Gasteiger partial charge in [0, 0.05) is 13.1 Å². The number of aliphatic carboxylic acids is 1. The van der Waals surface area contributed by atoms with Gasteiger partial charge in [-0.25, -0.2) is 9.18 Å². The van der Waals surface area contributed by atoms with Crippen LogP contribution in [0, 0.1) is 11.3 Å². The summed E-state index contributed by atoms with van der Waals surface area (Å²) in [5, 5.41) is 26.5. The molecule has 3 heterocycles. The van der Waals surface area contributed by atoms with E-state index in [9.17, 15) is 24.2 Å². The molecule has 3 aliphatic heterocycles. The fourth-order valence-electron chi connectivity index (χ4n) is 3.07. The number of carboxylic acids is 1. The van der Waals surface area contributed by atoms with Gasteiger partial charge < -0.3 is 15.1 Å². The van der Waals surface area contributed by atoms with E-state index in [0.717, 1.165) is 42.6 Å². The highest BCUT2D eigenvalue weighted by molar-refractivity contribution is 8.23. The number of alkyl halides is 1. The number of hydrogen-bond donors (Lipinski definition) is 3. The number of likely N-dealkylation sites (tertiary alicyclic amines) is 1. The third kappa shape index (κ3) is 2.91. The van der Waals surface area contributed by atoms with Gasteiger partial charge in [-0.05, 0) is 12.8 Å². The van der Waals surface area contributed by atoms with E-state index in [1.54, 1.807) is 0 Å². The zero-order chi connectivity index (χ0) is 17.4. The summed E-state index contributed by atoms with van der Waals surface area (Å²) in [5.41, 5.74) is -0.114. The molecule has 3 atom stereocenters. The maximum Gasteiger partial charge on any atom is 0.354 e. The van der Waals surface area contributed by atoms with E-state index in [4.69, 9.17) is 5.41 Å². The van der Waals surface area contributed by atoms with Crippen LogP contribution in [0.3, 0.4) is 0 Å². The van der Waals surface area contributed by atoms with Gasteiger partial charge in [-0.1, -0.05) is 11.8 Å². The lowest BCUT2D eigenvalue weighted by Crippen LogP contribution is -2.61. The number of thioether (sulfide) groups is 2. The van der Waals surface area contributed by atoms with Crippen LogP contribution in [0.4, 0.5) is 4.39 Å². The van der Waals surface area contributed by atoms with Crippen LogP contribution in [-0.2, 0) is 9.59 Å². The Balaban J connectivity index is 1.69. The molecule has 3 rings (SSSR count). The molecule has 24 heavy (non-hydrogen) atoms. The number of halogens is 1. The minimum absolute atomic E-state index is 0.114. The smallest absolute Gasteiger partial charge is 0.354 e. The number of amides is 1. The maximum atomic E-state index is 12.7. The van der Waals surface area contributed by atoms with Crippen molar-refractivity contribution in [3.8, 4) is 0 Å². The van der Waals surface area contributed by atoms with Crippen LogP contribution in [-0.4, -0.2) is 74.7 Å². The van der Waals surface area contributed by atoms with E-state index in [-0.39, 0.29) is 5.70 Å². The third-order valence-corrected chi connectivity index (χ3v) is 7.02. The van der Waals surface area contributed by atoms with E-state index in [0.29, 0.717) is 15.8 Å². The van der Waals surface area contributed by atoms with E-state index >= 15 is 0 Å². The highest BCUT2D eigenvalue weighted by Crippen LogP contribution is 2.53. The Labute approximate surface area is 146 Å². The van der Waals surface area contributed by atoms with Crippen molar-refractivity contribution in [2.45, 2.75) is 24.3 Å². The molecule has 0 radical (unpaired) electrons. The molecule has 0 aliphatic carbocycles. The Bertz CT molecular complexity index is 609. The van der Waals surface area contributed by atoms with Gasteiger partial charge in [-0.15, -0.1) is 11.8 Å². The number of nitrogens with zero attached hydrogens (tertiary/aromatic N) is 2. The fourth-order valence-corrected chi connectivity index (χ4v) is 5.86. The minimum Gasteiger partial charge on any atom is -0.477 e. The molecule has 0 aromatic rings. The maximum absolute atomic E-state index is 12.7. The molecule has 1 amide bonds. The normalized spacial score (nSPS) is 27.3. The number of nitrogens with one attached hydrogen (secondary N) is 1. The first-order valence-corrected chi connectivity index (χ1v) is 9.48. The molecule has 2 fully saturated rings. The number of aliphatic hydroxyl groups is 1. The molecule has 0 bridgehead atoms. The van der Waals surface area contributed by atoms with Crippen LogP contribution in [0.2, 0.25) is 0 Å². The van der Waals surface area contributed by atoms with Gasteiger partial charge in [-0.3, -0.25) is 15.1 Å². The lowest BCUT2D eigenvalue weighted by molar-refractivity contribution is -0.157. The number of amidine groups is 1. The molecule has 2 saturated heterocycles. The molecular weight excluding hydrogens is 357 g/mol. The first kappa shape index (κ1) is 17.6. The Kier molecular flexibility index (Phi) is 5.07. The highest BCUT2D eigenvalue weighted by Gasteiger charge is 2.58. The van der Waals surface area contributed by atoms with Crippen molar-refractivity contribution in [2.75, 3.05) is 25.5 Å². The first-order valence-electron chi connectivity index (χ1n) is 7.62. The zero-order valence-corrected chi connectivity index (χ0v) is 14.4. The second-order valence-corrected chi connectivity index (χ2v) is 8.21. The van der Waals surface area contributed by atoms with Gasteiger partial charge in [0.2, 0.25) is 5.91 Å². The van der Waals surface area contributed by atoms with Crippen LogP contribution in [0.5, 0.6) is 0 Å². The fraction of sp³-hybridized carbons (Fsp3) is 0.643. The van der Waals surface area contributed by atoms with E-state index in [1.807, 2.05) is 4.90 Å². The number of β-lactam (4-membered cyclic amide) rings is 1. The zero-order valence-electron chi connectivity index (χ0n) is 12.8. The summed E-state index contributed by atoms with van der Waals surface area (Å²) in [7, 11) is 0. The topological polar surface area (TPSA) is 105 Å². The van der Waals surface area contributed by atoms with Crippen molar-refractivity contribution in [3.05, 3.63) is 9.93 Å². The Morgan fingerprint density at radius 1 is 1.46 bits per heavy atom. The largest absolute Gasteiger partial charge is 0.477 e. The van der Waals surface area contributed by atoms with Crippen LogP contribution < -0.4 is 0 Å². The van der Waals surface area contributed by atoms with E-state index in [1.165, 1.54) is 11.8 Å². The number of fused-ring (bicyclic) bond motifs is 1. The Morgan fingerprint density at radius 3 is 2.71 bits per heavy atom. The second-order valence-electron chi connectivity index (χ2n) is 5.83. The van der Waals surface area contributed by atoms with Crippen molar-refractivity contribution in [1.82, 2.24) is 9.80 Å². The third-order valence-electron chi connectivity index (χ3n) is 4.35. The molecule has 7 nitrogen and oxygen atoms in total. The van der Waals surface area contributed by atoms with E-state index in [2.05, 4.69) is 0 Å². The first-order chi connectivity index (χ1) is 11.5. The average molecular weight is 375 g/mol. The molecular formula is C14H18FN3O4S2. The van der Waals surface area contributed by atoms with Crippen molar-refractivity contribution in [2.24, 2.45) is 5.92 Å². The molecule has 0 saturated carbocycles. The lowest BCUT2D eigenvalue weighted by Gasteiger charge is -2.43. The molecule has 132 valence electrons. The summed E-state index contributed by atoms with van der Waals surface area (Å²) in [6, 6.07) is 0. The van der Waals surface area contributed by atoms with Crippen LogP contribution >= 0.6 is 23.5 Å². The number of rotatable bonds is 6. The minimum atomic E-state index is -1.41. The van der Waals surface area contributed by atoms with Gasteiger partial charge in [0.15, 0.2) is 5.70 Å². The average Bonchev–Trinajstić information content (AvgIpc) is 3.18. The highest BCUT2D eigenvalue weighted by atomic mass is 32.2. The summed E-state index contributed by atoms with van der Waals surface area (Å²) in [5.74, 6) is -1.92. The summed E-state index contributed by atoms with van der Waals surface area (Å²) in [4.78, 5) is 26.7. The standard InChI is InChI=1S/C14H18FN3O4S2/c15-5-7(19)9-11(20)18-10(13(21)22)14(24-12(9)18)23-6-8(16)17-3-1-2-4-17/h7,9,12,16,19H,1-6H2,(H,21,22)/t7-,9+,12-/m1/s1. The lowest BCUT2D eigenvalue weighted by atomic mass is 9.92. The molecule has 0 aromatic heterocycles. The van der Waals surface area contributed by atoms with Gasteiger partial charge in [0.25, 0.3) is 0 Å². The van der Waals surface area contributed by atoms with Crippen molar-refractivity contribution in [3.63, 3.8) is 0 Å². The molecule has 3 aliphatic rings. The number of carboxylic acid groups (broad SMARTS) is 1. The Hall–Kier alpha value is -1.26. The summed E-state index contributed by atoms with van der Waals surface area (Å²) < 4.78 is 13.1. The molecule has 3 N–H and O–H groups in total. The van der Waals surface area contributed by atoms with Crippen LogP contribution in [0.25, 0.3) is 0 Å². The van der Waals surface area contributed by atoms with Crippen molar-refractivity contribution >= 4 is 41.2 Å². The van der Waals surface area contributed by atoms with Crippen molar-refractivity contribution in [1.29, 1.82) is 5.41 Å². The molecule has 10 heteroatoms. The number of carbonyl (C=O) groups is 2. The molecule has 0 aromatic carbocycles. The molecule has 0 spiro atoms. The van der Waals surface area contributed by atoms with Gasteiger partial charge in [0.05, 0.1) is 22.0 Å². The van der Waals surface area contributed by atoms with Gasteiger partial charge >= 0.3 is 5.97 Å². The van der Waals surface area contributed by atoms with Crippen LogP contribution in [0.1, 0.15) is 12.8 Å². The monoisotopic (exact) mass is 375 g/mol. The summed E-state index contributed by atoms with van der Waals surface area (Å²) in [6.07, 6.45) is 0.698. The van der Waals surface area contributed by atoms with Crippen molar-refractivity contribution < 1.29 is 24.2 Å². The number of aliphatic hydroxyl groups excluding tert-OH is 1. The number of hydrogen-bond acceptors (Lipinski definition) is 6. The predicted molar refractivity (Wildman–Crippen MR) is 89.4 cm³/mol. The Morgan fingerprint density at radius 2 is 2.12 bits per heavy atom. The quantitative estimate of drug-likeness (QED) is 0.360.